The van der Waals surface area contributed by atoms with Crippen LogP contribution in [-0.2, 0) is 19.1 Å². The van der Waals surface area contributed by atoms with E-state index in [1.165, 1.54) is 0 Å². The van der Waals surface area contributed by atoms with Gasteiger partial charge in [0.2, 0.25) is 0 Å². The monoisotopic (exact) mass is 544 g/mol. The maximum Gasteiger partial charge on any atom is 0.340 e. The Morgan fingerprint density at radius 2 is 1.69 bits per heavy atom. The smallest absolute Gasteiger partial charge is 0.340 e. The van der Waals surface area contributed by atoms with Crippen molar-refractivity contribution in [2.45, 2.75) is 27.7 Å². The van der Waals surface area contributed by atoms with Gasteiger partial charge in [-0.05, 0) is 86.9 Å². The first kappa shape index (κ1) is 27.7. The Kier molecular flexibility index (Phi) is 8.52. The molecule has 3 aromatic rings. The SMILES string of the molecule is CCOC(=O)C1=C(C)N(c2ccc(C)c(C)c2)C(=O)/C1=C\c1ccc(OCC(=O)Nc2ccccc2Cl)cc1. The number of rotatable bonds is 8. The van der Waals surface area contributed by atoms with Gasteiger partial charge in [0.15, 0.2) is 6.61 Å². The van der Waals surface area contributed by atoms with Crippen molar-refractivity contribution in [3.8, 4) is 5.75 Å². The lowest BCUT2D eigenvalue weighted by Crippen LogP contribution is -2.24. The molecule has 0 saturated heterocycles. The van der Waals surface area contributed by atoms with Gasteiger partial charge in [0.05, 0.1) is 28.5 Å². The normalized spacial score (nSPS) is 14.1. The lowest BCUT2D eigenvalue weighted by molar-refractivity contribution is -0.138. The number of nitrogens with zero attached hydrogens (tertiary/aromatic N) is 1. The number of anilines is 2. The molecule has 8 heteroatoms. The fourth-order valence-corrected chi connectivity index (χ4v) is 4.36. The van der Waals surface area contributed by atoms with Crippen molar-refractivity contribution < 1.29 is 23.9 Å². The molecule has 1 heterocycles. The highest BCUT2D eigenvalue weighted by molar-refractivity contribution is 6.33. The van der Waals surface area contributed by atoms with E-state index in [-0.39, 0.29) is 36.2 Å². The first-order valence-electron chi connectivity index (χ1n) is 12.5. The molecule has 0 bridgehead atoms. The van der Waals surface area contributed by atoms with Gasteiger partial charge in [-0.2, -0.15) is 0 Å². The molecule has 200 valence electrons. The van der Waals surface area contributed by atoms with Gasteiger partial charge in [-0.15, -0.1) is 0 Å². The summed E-state index contributed by atoms with van der Waals surface area (Å²) in [5.41, 5.74) is 5.02. The van der Waals surface area contributed by atoms with Crippen LogP contribution >= 0.6 is 11.6 Å². The average molecular weight is 545 g/mol. The van der Waals surface area contributed by atoms with Crippen LogP contribution in [0.5, 0.6) is 5.75 Å². The zero-order chi connectivity index (χ0) is 28.1. The molecule has 3 aromatic carbocycles. The highest BCUT2D eigenvalue weighted by Crippen LogP contribution is 2.36. The molecule has 0 radical (unpaired) electrons. The van der Waals surface area contributed by atoms with Crippen molar-refractivity contribution in [3.05, 3.63) is 105 Å². The summed E-state index contributed by atoms with van der Waals surface area (Å²) in [6, 6.07) is 19.6. The van der Waals surface area contributed by atoms with Gasteiger partial charge in [0.25, 0.3) is 11.8 Å². The molecule has 0 unspecified atom stereocenters. The van der Waals surface area contributed by atoms with Gasteiger partial charge in [-0.3, -0.25) is 14.5 Å². The first-order valence-corrected chi connectivity index (χ1v) is 12.9. The van der Waals surface area contributed by atoms with Crippen molar-refractivity contribution in [3.63, 3.8) is 0 Å². The molecule has 4 rings (SSSR count). The highest BCUT2D eigenvalue weighted by Gasteiger charge is 2.38. The highest BCUT2D eigenvalue weighted by atomic mass is 35.5. The number of aryl methyl sites for hydroxylation is 2. The Bertz CT molecular complexity index is 1490. The summed E-state index contributed by atoms with van der Waals surface area (Å²) in [5, 5.41) is 3.14. The third-order valence-corrected chi connectivity index (χ3v) is 6.67. The van der Waals surface area contributed by atoms with Crippen molar-refractivity contribution in [1.29, 1.82) is 0 Å². The number of carbonyl (C=O) groups is 3. The van der Waals surface area contributed by atoms with Crippen LogP contribution in [0.4, 0.5) is 11.4 Å². The number of amides is 2. The topological polar surface area (TPSA) is 84.9 Å². The van der Waals surface area contributed by atoms with Crippen LogP contribution in [0.15, 0.2) is 83.6 Å². The van der Waals surface area contributed by atoms with E-state index in [1.807, 2.05) is 32.0 Å². The minimum atomic E-state index is -0.551. The van der Waals surface area contributed by atoms with Crippen LogP contribution in [0.3, 0.4) is 0 Å². The summed E-state index contributed by atoms with van der Waals surface area (Å²) in [5.74, 6) is -0.740. The van der Waals surface area contributed by atoms with Gasteiger partial charge >= 0.3 is 5.97 Å². The summed E-state index contributed by atoms with van der Waals surface area (Å²) in [6.07, 6.45) is 1.66. The van der Waals surface area contributed by atoms with Crippen LogP contribution in [0, 0.1) is 13.8 Å². The Balaban J connectivity index is 1.53. The molecule has 0 fully saturated rings. The van der Waals surface area contributed by atoms with Crippen molar-refractivity contribution in [2.75, 3.05) is 23.4 Å². The lowest BCUT2D eigenvalue weighted by Gasteiger charge is -2.19. The van der Waals surface area contributed by atoms with Crippen LogP contribution in [0.1, 0.15) is 30.5 Å². The number of nitrogens with one attached hydrogen (secondary N) is 1. The Morgan fingerprint density at radius 3 is 2.36 bits per heavy atom. The van der Waals surface area contributed by atoms with Crippen molar-refractivity contribution >= 4 is 46.8 Å². The fourth-order valence-electron chi connectivity index (χ4n) is 4.18. The summed E-state index contributed by atoms with van der Waals surface area (Å²) in [7, 11) is 0. The van der Waals surface area contributed by atoms with Crippen LogP contribution < -0.4 is 15.0 Å². The van der Waals surface area contributed by atoms with Crippen molar-refractivity contribution in [2.24, 2.45) is 0 Å². The van der Waals surface area contributed by atoms with E-state index in [0.29, 0.717) is 33.4 Å². The predicted molar refractivity (Wildman–Crippen MR) is 153 cm³/mol. The molecule has 0 aromatic heterocycles. The molecule has 1 aliphatic rings. The van der Waals surface area contributed by atoms with Crippen LogP contribution in [0.25, 0.3) is 6.08 Å². The third-order valence-electron chi connectivity index (χ3n) is 6.34. The second kappa shape index (κ2) is 12.0. The summed E-state index contributed by atoms with van der Waals surface area (Å²) in [6.45, 7) is 7.43. The Labute approximate surface area is 232 Å². The summed E-state index contributed by atoms with van der Waals surface area (Å²) >= 11 is 6.08. The van der Waals surface area contributed by atoms with Crippen molar-refractivity contribution in [1.82, 2.24) is 0 Å². The van der Waals surface area contributed by atoms with Gasteiger partial charge in [-0.1, -0.05) is 41.9 Å². The fraction of sp³-hybridized carbons (Fsp3) is 0.194. The van der Waals surface area contributed by atoms with E-state index < -0.39 is 5.97 Å². The van der Waals surface area contributed by atoms with E-state index in [0.717, 1.165) is 11.1 Å². The number of esters is 1. The molecular formula is C31H29ClN2O5. The number of hydrogen-bond acceptors (Lipinski definition) is 5. The summed E-state index contributed by atoms with van der Waals surface area (Å²) in [4.78, 5) is 40.3. The standard InChI is InChI=1S/C31H29ClN2O5/c1-5-38-31(37)29-21(4)34(23-13-10-19(2)20(3)16-23)30(36)25(29)17-22-11-14-24(15-12-22)39-18-28(35)33-27-9-7-6-8-26(27)32/h6-17H,5,18H2,1-4H3,(H,33,35)/b25-17-. The number of hydrogen-bond donors (Lipinski definition) is 1. The zero-order valence-corrected chi connectivity index (χ0v) is 23.0. The Morgan fingerprint density at radius 1 is 0.974 bits per heavy atom. The van der Waals surface area contributed by atoms with E-state index in [9.17, 15) is 14.4 Å². The number of ether oxygens (including phenoxy) is 2. The first-order chi connectivity index (χ1) is 18.7. The number of allylic oxidation sites excluding steroid dienone is 1. The molecule has 0 spiro atoms. The molecule has 2 amide bonds. The summed E-state index contributed by atoms with van der Waals surface area (Å²) < 4.78 is 10.9. The van der Waals surface area contributed by atoms with E-state index >= 15 is 0 Å². The van der Waals surface area contributed by atoms with Gasteiger partial charge < -0.3 is 14.8 Å². The second-order valence-corrected chi connectivity index (χ2v) is 9.44. The number of benzene rings is 3. The molecule has 0 aliphatic carbocycles. The molecule has 1 aliphatic heterocycles. The zero-order valence-electron chi connectivity index (χ0n) is 22.2. The predicted octanol–water partition coefficient (Wildman–Crippen LogP) is 6.24. The maximum absolute atomic E-state index is 13.6. The molecule has 7 nitrogen and oxygen atoms in total. The number of para-hydroxylation sites is 1. The largest absolute Gasteiger partial charge is 0.484 e. The number of halogens is 1. The lowest BCUT2D eigenvalue weighted by atomic mass is 10.0. The number of carbonyl (C=O) groups excluding carboxylic acids is 3. The van der Waals surface area contributed by atoms with Gasteiger partial charge in [0.1, 0.15) is 5.75 Å². The molecule has 0 atom stereocenters. The third kappa shape index (κ3) is 6.21. The quantitative estimate of drug-likeness (QED) is 0.268. The minimum Gasteiger partial charge on any atom is -0.484 e. The van der Waals surface area contributed by atoms with Gasteiger partial charge in [0, 0.05) is 11.4 Å². The molecule has 1 N–H and O–H groups in total. The van der Waals surface area contributed by atoms with Gasteiger partial charge in [-0.25, -0.2) is 4.79 Å². The Hall–Kier alpha value is -4.36. The molecular weight excluding hydrogens is 516 g/mol. The van der Waals surface area contributed by atoms with E-state index in [4.69, 9.17) is 21.1 Å². The second-order valence-electron chi connectivity index (χ2n) is 9.03. The maximum atomic E-state index is 13.6. The van der Waals surface area contributed by atoms with E-state index in [1.54, 1.807) is 73.4 Å². The molecule has 0 saturated carbocycles. The average Bonchev–Trinajstić information content (AvgIpc) is 3.15. The van der Waals surface area contributed by atoms with Crippen LogP contribution in [-0.4, -0.2) is 31.0 Å². The molecule has 39 heavy (non-hydrogen) atoms. The van der Waals surface area contributed by atoms with Crippen LogP contribution in [0.2, 0.25) is 5.02 Å². The van der Waals surface area contributed by atoms with E-state index in [2.05, 4.69) is 5.32 Å². The minimum absolute atomic E-state index is 0.191.